The van der Waals surface area contributed by atoms with Crippen LogP contribution in [0.3, 0.4) is 0 Å². The van der Waals surface area contributed by atoms with Crippen LogP contribution in [0.5, 0.6) is 0 Å². The van der Waals surface area contributed by atoms with Crippen molar-refractivity contribution in [2.45, 2.75) is 36.8 Å². The third-order valence-electron chi connectivity index (χ3n) is 2.22. The summed E-state index contributed by atoms with van der Waals surface area (Å²) < 4.78 is 4.78. The second-order valence-electron chi connectivity index (χ2n) is 3.21. The van der Waals surface area contributed by atoms with Crippen LogP contribution >= 0.6 is 0 Å². The maximum Gasteiger partial charge on any atom is 0.181 e. The van der Waals surface area contributed by atoms with Crippen LogP contribution in [0.2, 0.25) is 0 Å². The van der Waals surface area contributed by atoms with Gasteiger partial charge in [0.15, 0.2) is 6.29 Å². The molecule has 1 rings (SSSR count). The summed E-state index contributed by atoms with van der Waals surface area (Å²) in [5.74, 6) is 0. The molecule has 1 aliphatic heterocycles. The number of aliphatic hydroxyl groups is 6. The van der Waals surface area contributed by atoms with E-state index in [1.807, 2.05) is 0 Å². The summed E-state index contributed by atoms with van der Waals surface area (Å²) >= 11 is 0. The Labute approximate surface area is 79.8 Å². The predicted molar refractivity (Wildman–Crippen MR) is 42.0 cm³/mol. The van der Waals surface area contributed by atoms with E-state index in [2.05, 4.69) is 0 Å². The van der Waals surface area contributed by atoms with Gasteiger partial charge in [-0.2, -0.15) is 0 Å². The highest BCUT2D eigenvalue weighted by Crippen LogP contribution is 2.22. The van der Waals surface area contributed by atoms with Gasteiger partial charge in [-0.3, -0.25) is 0 Å². The summed E-state index contributed by atoms with van der Waals surface area (Å²) in [4.78, 5) is 0. The van der Waals surface area contributed by atoms with E-state index in [4.69, 9.17) is 20.1 Å². The number of rotatable bonds is 2. The first-order chi connectivity index (χ1) is 6.49. The first kappa shape index (κ1) is 11.8. The molecule has 0 spiro atoms. The molecule has 14 heavy (non-hydrogen) atoms. The average molecular weight is 210 g/mol. The van der Waals surface area contributed by atoms with Gasteiger partial charge in [0.1, 0.15) is 30.5 Å². The van der Waals surface area contributed by atoms with Crippen LogP contribution in [0.25, 0.3) is 0 Å². The minimum atomic E-state index is -1.98. The van der Waals surface area contributed by atoms with Crippen molar-refractivity contribution < 1.29 is 35.4 Å². The molecule has 0 radical (unpaired) electrons. The smallest absolute Gasteiger partial charge is 0.181 e. The molecule has 0 bridgehead atoms. The fraction of sp³-hybridized carbons (Fsp3) is 1.00. The summed E-state index contributed by atoms with van der Waals surface area (Å²) in [6, 6.07) is 0. The van der Waals surface area contributed by atoms with Gasteiger partial charge in [-0.15, -0.1) is 0 Å². The molecular formula is C7H14O7. The zero-order valence-corrected chi connectivity index (χ0v) is 7.26. The normalized spacial score (nSPS) is 44.4. The molecule has 1 aliphatic rings. The van der Waals surface area contributed by atoms with Gasteiger partial charge in [0.05, 0.1) is 6.61 Å². The van der Waals surface area contributed by atoms with Crippen molar-refractivity contribution in [3.63, 3.8) is 0 Å². The fourth-order valence-electron chi connectivity index (χ4n) is 1.38. The lowest BCUT2D eigenvalue weighted by molar-refractivity contribution is -0.277. The Morgan fingerprint density at radius 2 is 1.57 bits per heavy atom. The first-order valence-corrected chi connectivity index (χ1v) is 4.15. The quantitative estimate of drug-likeness (QED) is 0.257. The molecule has 0 amide bonds. The molecule has 7 nitrogen and oxygen atoms in total. The van der Waals surface area contributed by atoms with E-state index in [1.54, 1.807) is 0 Å². The van der Waals surface area contributed by atoms with Crippen LogP contribution < -0.4 is 0 Å². The van der Waals surface area contributed by atoms with Gasteiger partial charge < -0.3 is 35.4 Å². The molecule has 0 unspecified atom stereocenters. The number of ether oxygens (including phenoxy) is 1. The van der Waals surface area contributed by atoms with Crippen molar-refractivity contribution in [1.29, 1.82) is 0 Å². The Balaban J connectivity index is 2.73. The monoisotopic (exact) mass is 210 g/mol. The molecule has 6 N–H and O–H groups in total. The molecule has 84 valence electrons. The summed E-state index contributed by atoms with van der Waals surface area (Å²) in [6.45, 7) is -0.589. The molecule has 5 atom stereocenters. The number of aliphatic hydroxyl groups excluding tert-OH is 5. The molecule has 1 saturated heterocycles. The molecule has 0 saturated carbocycles. The van der Waals surface area contributed by atoms with Crippen LogP contribution in [0.15, 0.2) is 0 Å². The van der Waals surface area contributed by atoms with Gasteiger partial charge in [-0.05, 0) is 0 Å². The van der Waals surface area contributed by atoms with Gasteiger partial charge in [0.2, 0.25) is 0 Å². The summed E-state index contributed by atoms with van der Waals surface area (Å²) in [5, 5.41) is 54.0. The Bertz CT molecular complexity index is 183. The van der Waals surface area contributed by atoms with Crippen molar-refractivity contribution in [3.8, 4) is 0 Å². The van der Waals surface area contributed by atoms with Crippen LogP contribution in [-0.2, 0) is 4.74 Å². The van der Waals surface area contributed by atoms with Gasteiger partial charge in [-0.25, -0.2) is 0 Å². The van der Waals surface area contributed by atoms with Crippen LogP contribution in [0.4, 0.5) is 0 Å². The minimum Gasteiger partial charge on any atom is -0.394 e. The van der Waals surface area contributed by atoms with E-state index in [0.29, 0.717) is 0 Å². The molecule has 0 aliphatic carbocycles. The molecular weight excluding hydrogens is 196 g/mol. The highest BCUT2D eigenvalue weighted by Gasteiger charge is 2.45. The summed E-state index contributed by atoms with van der Waals surface area (Å²) in [5.41, 5.74) is 0. The van der Waals surface area contributed by atoms with E-state index in [1.165, 1.54) is 0 Å². The standard InChI is InChI=1S/C7H14O7/c8-1-2-3(9)4(10)5(11)6(14-2)7(12)13/h2-13H,1H2/t2-,3-,4+,5-,6-/m1/s1. The van der Waals surface area contributed by atoms with Crippen molar-refractivity contribution in [2.24, 2.45) is 0 Å². The fourth-order valence-corrected chi connectivity index (χ4v) is 1.38. The van der Waals surface area contributed by atoms with E-state index in [0.717, 1.165) is 0 Å². The SMILES string of the molecule is OC[C@H]1O[C@@H](C(O)O)[C@H](O)[C@@H](O)[C@@H]1O. The van der Waals surface area contributed by atoms with E-state index >= 15 is 0 Å². The van der Waals surface area contributed by atoms with Gasteiger partial charge in [0, 0.05) is 0 Å². The van der Waals surface area contributed by atoms with Crippen LogP contribution in [0.1, 0.15) is 0 Å². The first-order valence-electron chi connectivity index (χ1n) is 4.15. The van der Waals surface area contributed by atoms with E-state index in [-0.39, 0.29) is 0 Å². The predicted octanol–water partition coefficient (Wildman–Crippen LogP) is -3.86. The molecule has 0 aromatic carbocycles. The topological polar surface area (TPSA) is 131 Å². The Morgan fingerprint density at radius 1 is 1.00 bits per heavy atom. The lowest BCUT2D eigenvalue weighted by Crippen LogP contribution is -2.61. The Kier molecular flexibility index (Phi) is 3.78. The highest BCUT2D eigenvalue weighted by molar-refractivity contribution is 4.92. The zero-order chi connectivity index (χ0) is 10.9. The van der Waals surface area contributed by atoms with Crippen molar-refractivity contribution in [2.75, 3.05) is 6.61 Å². The maximum absolute atomic E-state index is 9.25. The average Bonchev–Trinajstić information content (AvgIpc) is 2.14. The lowest BCUT2D eigenvalue weighted by Gasteiger charge is -2.40. The summed E-state index contributed by atoms with van der Waals surface area (Å²) in [7, 11) is 0. The van der Waals surface area contributed by atoms with Crippen molar-refractivity contribution in [3.05, 3.63) is 0 Å². The van der Waals surface area contributed by atoms with Gasteiger partial charge >= 0.3 is 0 Å². The molecule has 1 fully saturated rings. The largest absolute Gasteiger partial charge is 0.394 e. The Morgan fingerprint density at radius 3 is 2.00 bits per heavy atom. The second kappa shape index (κ2) is 4.49. The van der Waals surface area contributed by atoms with Crippen LogP contribution in [-0.4, -0.2) is 74.1 Å². The molecule has 7 heteroatoms. The minimum absolute atomic E-state index is 0.589. The highest BCUT2D eigenvalue weighted by atomic mass is 16.6. The molecule has 0 aromatic heterocycles. The molecule has 1 heterocycles. The number of hydrogen-bond acceptors (Lipinski definition) is 7. The Hall–Kier alpha value is -0.280. The zero-order valence-electron chi connectivity index (χ0n) is 7.26. The van der Waals surface area contributed by atoms with Crippen molar-refractivity contribution >= 4 is 0 Å². The van der Waals surface area contributed by atoms with Crippen molar-refractivity contribution in [1.82, 2.24) is 0 Å². The van der Waals surface area contributed by atoms with Crippen LogP contribution in [0, 0.1) is 0 Å². The van der Waals surface area contributed by atoms with E-state index < -0.39 is 43.4 Å². The maximum atomic E-state index is 9.25. The second-order valence-corrected chi connectivity index (χ2v) is 3.21. The third-order valence-corrected chi connectivity index (χ3v) is 2.22. The van der Waals surface area contributed by atoms with Gasteiger partial charge in [0.25, 0.3) is 0 Å². The summed E-state index contributed by atoms with van der Waals surface area (Å²) in [6.07, 6.45) is -9.20. The lowest BCUT2D eigenvalue weighted by atomic mass is 9.95. The van der Waals surface area contributed by atoms with E-state index in [9.17, 15) is 15.3 Å². The molecule has 0 aromatic rings. The number of hydrogen-bond donors (Lipinski definition) is 6. The van der Waals surface area contributed by atoms with Gasteiger partial charge in [-0.1, -0.05) is 0 Å². The third kappa shape index (κ3) is 2.04.